The van der Waals surface area contributed by atoms with Crippen molar-refractivity contribution in [1.82, 2.24) is 44.1 Å². The molecule has 0 amide bonds. The molecule has 13 aliphatic heterocycles. The summed E-state index contributed by atoms with van der Waals surface area (Å²) < 4.78 is 0. The average Bonchev–Trinajstić information content (AvgIpc) is 1.67. The first kappa shape index (κ1) is 85.9. The van der Waals surface area contributed by atoms with Crippen molar-refractivity contribution in [2.24, 2.45) is 65.1 Å². The molecule has 596 valence electrons. The summed E-state index contributed by atoms with van der Waals surface area (Å²) in [7, 11) is 0. The molecule has 0 aromatic heterocycles. The van der Waals surface area contributed by atoms with Crippen molar-refractivity contribution in [3.63, 3.8) is 0 Å². The standard InChI is InChI=1S/C12H23N.3C11H21N.C11H15N.2C10H19N.C9H17N.C8H15N.CH4/c1-10(2)13-8-7-11-5-3-4-6-12(11)9-13;1-9(2)12-7-10-3-4-11(8-12)6-5-10;1-9(2)12-7-6-10-4-3-5-11(10)8-12;2*1-9(2)12-7-10-5-3-4-6-11(10)8-12;1-8(2)11-7-9-3-5-10(11)6-4-9;1-8(2)11-6-5-9-3-4-10(9)7-11;1-7(2)10-8-3-4-9(10)6-5-8;1-6(2)9-7-3-4-8(9)5-7;/h10-12H,3-9H2,1-2H3;3*9-11H,3-8H2,1-2H3;3-6,9H,7-8H2,1-2H3;2*8-10H,3-7H2,1-2H3;7-9H,3-6H2,1-2H3;6-8H,3-5H2,1-2H3;1H4. The van der Waals surface area contributed by atoms with Gasteiger partial charge in [-0.25, -0.2) is 0 Å². The number of rotatable bonds is 9. The van der Waals surface area contributed by atoms with Crippen molar-refractivity contribution >= 4 is 0 Å². The summed E-state index contributed by atoms with van der Waals surface area (Å²) >= 11 is 0. The Bertz CT molecular complexity index is 2380. The largest absolute Gasteiger partial charge is 0.301 e. The Morgan fingerprint density at radius 2 is 0.534 bits per heavy atom. The summed E-state index contributed by atoms with van der Waals surface area (Å²) in [6.45, 7) is 59.2. The molecule has 8 bridgehead atoms. The van der Waals surface area contributed by atoms with Crippen LogP contribution in [0.15, 0.2) is 24.3 Å². The van der Waals surface area contributed by atoms with Crippen molar-refractivity contribution in [1.29, 1.82) is 0 Å². The van der Waals surface area contributed by atoms with Gasteiger partial charge in [-0.15, -0.1) is 0 Å². The van der Waals surface area contributed by atoms with Gasteiger partial charge < -0.3 is 24.5 Å². The highest BCUT2D eigenvalue weighted by Crippen LogP contribution is 2.45. The Hall–Kier alpha value is -1.14. The molecule has 7 saturated carbocycles. The summed E-state index contributed by atoms with van der Waals surface area (Å²) in [6.07, 6.45) is 46.4. The van der Waals surface area contributed by atoms with E-state index < -0.39 is 0 Å². The van der Waals surface area contributed by atoms with Crippen molar-refractivity contribution in [2.75, 3.05) is 72.0 Å². The first-order valence-corrected chi connectivity index (χ1v) is 45.8. The highest BCUT2D eigenvalue weighted by atomic mass is 15.3. The topological polar surface area (TPSA) is 29.2 Å². The minimum Gasteiger partial charge on any atom is -0.301 e. The number of hydrogen-bond donors (Lipinski definition) is 0. The van der Waals surface area contributed by atoms with Crippen LogP contribution in [0.4, 0.5) is 0 Å². The number of fused-ring (bicyclic) bond motifs is 15. The van der Waals surface area contributed by atoms with E-state index in [9.17, 15) is 0 Å². The van der Waals surface area contributed by atoms with E-state index in [1.54, 1.807) is 0 Å². The molecule has 103 heavy (non-hydrogen) atoms. The van der Waals surface area contributed by atoms with Gasteiger partial charge in [0.15, 0.2) is 0 Å². The number of piperidine rings is 5. The quantitative estimate of drug-likeness (QED) is 0.240. The second-order valence-corrected chi connectivity index (χ2v) is 40.2. The number of nitrogens with zero attached hydrogens (tertiary/aromatic N) is 9. The molecule has 1 aromatic carbocycles. The Kier molecular flexibility index (Phi) is 35.0. The number of likely N-dealkylation sites (tertiary alicyclic amines) is 4. The van der Waals surface area contributed by atoms with Crippen LogP contribution in [0.5, 0.6) is 0 Å². The fourth-order valence-electron chi connectivity index (χ4n) is 23.8. The SMILES string of the molecule is C.CC(C)N1C2CCC1C2.CC(C)N1C2CCC1CC2.CC(C)N1CC2CCC(CC2)C1.CC(C)N1CC2CCC1CC2.CC(C)N1CC2CCCCC2C1.CC(C)N1CCC2CCC2C1.CC(C)N1CCC2CCCC2C1.CC(C)N1CCC2CCCCC2C1.CC(C)N1Cc2ccccc2C1. The maximum atomic E-state index is 2.72. The van der Waals surface area contributed by atoms with Gasteiger partial charge in [-0.05, 0) is 375 Å². The summed E-state index contributed by atoms with van der Waals surface area (Å²) in [6, 6.07) is 20.4. The van der Waals surface area contributed by atoms with Crippen LogP contribution < -0.4 is 0 Å². The van der Waals surface area contributed by atoms with Crippen LogP contribution in [-0.4, -0.2) is 201 Å². The second-order valence-electron chi connectivity index (χ2n) is 40.2. The van der Waals surface area contributed by atoms with E-state index in [2.05, 4.69) is 193 Å². The maximum absolute atomic E-state index is 2.72. The highest BCUT2D eigenvalue weighted by molar-refractivity contribution is 5.30. The lowest BCUT2D eigenvalue weighted by Crippen LogP contribution is -2.51. The molecule has 12 saturated heterocycles. The van der Waals surface area contributed by atoms with Crippen LogP contribution in [0.25, 0.3) is 0 Å². The van der Waals surface area contributed by atoms with Crippen molar-refractivity contribution in [3.05, 3.63) is 35.4 Å². The van der Waals surface area contributed by atoms with Gasteiger partial charge >= 0.3 is 0 Å². The van der Waals surface area contributed by atoms with E-state index in [0.29, 0.717) is 6.04 Å². The van der Waals surface area contributed by atoms with Crippen LogP contribution >= 0.6 is 0 Å². The first-order chi connectivity index (χ1) is 49.0. The Morgan fingerprint density at radius 1 is 0.243 bits per heavy atom. The Labute approximate surface area is 641 Å². The van der Waals surface area contributed by atoms with Gasteiger partial charge in [0.05, 0.1) is 0 Å². The molecule has 10 atom stereocenters. The third kappa shape index (κ3) is 24.4. The lowest BCUT2D eigenvalue weighted by atomic mass is 9.69. The van der Waals surface area contributed by atoms with Gasteiger partial charge in [0.1, 0.15) is 0 Å². The van der Waals surface area contributed by atoms with Crippen LogP contribution in [0, 0.1) is 65.1 Å². The molecular formula is C94H175N9. The third-order valence-electron chi connectivity index (χ3n) is 30.8. The summed E-state index contributed by atoms with van der Waals surface area (Å²) in [5.74, 6) is 11.7. The minimum absolute atomic E-state index is 0. The van der Waals surface area contributed by atoms with Gasteiger partial charge in [0.2, 0.25) is 0 Å². The molecule has 9 heteroatoms. The lowest BCUT2D eigenvalue weighted by Gasteiger charge is -2.47. The summed E-state index contributed by atoms with van der Waals surface area (Å²) in [4.78, 5) is 23.9. The zero-order chi connectivity index (χ0) is 72.7. The maximum Gasteiger partial charge on any atom is 0.0243 e. The van der Waals surface area contributed by atoms with Crippen LogP contribution in [0.3, 0.4) is 0 Å². The highest BCUT2D eigenvalue weighted by Gasteiger charge is 2.46. The summed E-state index contributed by atoms with van der Waals surface area (Å²) in [5, 5.41) is 0. The molecule has 9 nitrogen and oxygen atoms in total. The van der Waals surface area contributed by atoms with Gasteiger partial charge in [0, 0.05) is 150 Å². The monoisotopic (exact) mass is 1430 g/mol. The predicted octanol–water partition coefficient (Wildman–Crippen LogP) is 21.6. The number of benzene rings is 1. The van der Waals surface area contributed by atoms with Crippen LogP contribution in [-0.2, 0) is 13.1 Å². The van der Waals surface area contributed by atoms with E-state index in [-0.39, 0.29) is 7.43 Å². The Morgan fingerprint density at radius 3 is 0.854 bits per heavy atom. The molecule has 19 fully saturated rings. The number of hydrogen-bond acceptors (Lipinski definition) is 9. The molecule has 10 unspecified atom stereocenters. The molecule has 0 N–H and O–H groups in total. The smallest absolute Gasteiger partial charge is 0.0243 e. The van der Waals surface area contributed by atoms with E-state index in [1.807, 2.05) is 0 Å². The molecule has 7 aliphatic carbocycles. The summed E-state index contributed by atoms with van der Waals surface area (Å²) in [5.41, 5.74) is 3.01. The molecule has 20 aliphatic rings. The minimum atomic E-state index is 0. The Balaban J connectivity index is 0.000000135. The van der Waals surface area contributed by atoms with Gasteiger partial charge in [-0.2, -0.15) is 0 Å². The van der Waals surface area contributed by atoms with E-state index in [1.165, 1.54) is 282 Å². The zero-order valence-electron chi connectivity index (χ0n) is 70.9. The molecular weight excluding hydrogens is 1260 g/mol. The third-order valence-corrected chi connectivity index (χ3v) is 30.8. The molecule has 0 radical (unpaired) electrons. The molecule has 21 rings (SSSR count). The fraction of sp³-hybridized carbons (Fsp3) is 0.936. The van der Waals surface area contributed by atoms with E-state index in [0.717, 1.165) is 157 Å². The second kappa shape index (κ2) is 41.9. The normalized spacial score (nSPS) is 35.3. The average molecular weight is 1430 g/mol. The van der Waals surface area contributed by atoms with Crippen LogP contribution in [0.1, 0.15) is 342 Å². The van der Waals surface area contributed by atoms with Gasteiger partial charge in [0.25, 0.3) is 0 Å². The molecule has 1 aromatic rings. The van der Waals surface area contributed by atoms with Gasteiger partial charge in [-0.1, -0.05) is 76.6 Å². The van der Waals surface area contributed by atoms with Gasteiger partial charge in [-0.3, -0.25) is 19.6 Å². The van der Waals surface area contributed by atoms with Crippen molar-refractivity contribution in [3.8, 4) is 0 Å². The zero-order valence-corrected chi connectivity index (χ0v) is 70.9. The first-order valence-electron chi connectivity index (χ1n) is 45.8. The van der Waals surface area contributed by atoms with E-state index >= 15 is 0 Å². The molecule has 0 spiro atoms. The predicted molar refractivity (Wildman–Crippen MR) is 447 cm³/mol. The lowest BCUT2D eigenvalue weighted by molar-refractivity contribution is 0.0250. The van der Waals surface area contributed by atoms with Crippen molar-refractivity contribution in [2.45, 2.75) is 429 Å². The van der Waals surface area contributed by atoms with Crippen molar-refractivity contribution < 1.29 is 0 Å². The molecule has 13 heterocycles. The fourth-order valence-corrected chi connectivity index (χ4v) is 23.8. The van der Waals surface area contributed by atoms with Crippen LogP contribution in [0.2, 0.25) is 0 Å². The van der Waals surface area contributed by atoms with E-state index in [4.69, 9.17) is 0 Å².